The second-order valence-corrected chi connectivity index (χ2v) is 11.4. The molecule has 8 nitrogen and oxygen atoms in total. The molecule has 10 heteroatoms. The normalized spacial score (nSPS) is 17.6. The zero-order chi connectivity index (χ0) is 26.3. The van der Waals surface area contributed by atoms with Crippen LogP contribution in [0, 0.1) is 20.8 Å². The molecule has 2 N–H and O–H groups in total. The Morgan fingerprint density at radius 1 is 1.00 bits per heavy atom. The van der Waals surface area contributed by atoms with Gasteiger partial charge in [-0.25, -0.2) is 13.4 Å². The molecule has 4 heterocycles. The third-order valence-electron chi connectivity index (χ3n) is 6.46. The number of hydrogen-bond acceptors (Lipinski definition) is 5. The van der Waals surface area contributed by atoms with Gasteiger partial charge in [0.2, 0.25) is 10.0 Å². The summed E-state index contributed by atoms with van der Waals surface area (Å²) in [4.78, 5) is 11.4. The number of aryl methyl sites for hydroxylation is 2. The van der Waals surface area contributed by atoms with Crippen molar-refractivity contribution < 1.29 is 8.42 Å². The average Bonchev–Trinajstić information content (AvgIpc) is 3.35. The molecule has 5 rings (SSSR count). The van der Waals surface area contributed by atoms with Gasteiger partial charge in [-0.1, -0.05) is 12.1 Å². The number of nitrogens with one attached hydrogen (secondary N) is 2. The number of pyridine rings is 2. The van der Waals surface area contributed by atoms with Gasteiger partial charge in [0.25, 0.3) is 0 Å². The Morgan fingerprint density at radius 3 is 2.38 bits per heavy atom. The minimum Gasteiger partial charge on any atom is -0.351 e. The zero-order valence-electron chi connectivity index (χ0n) is 21.0. The van der Waals surface area contributed by atoms with Crippen LogP contribution in [-0.4, -0.2) is 34.3 Å². The summed E-state index contributed by atoms with van der Waals surface area (Å²) in [6, 6.07) is 19.0. The minimum absolute atomic E-state index is 0.192. The Balaban J connectivity index is 1.62. The molecule has 0 amide bonds. The average molecular weight is 533 g/mol. The maximum absolute atomic E-state index is 11.7. The van der Waals surface area contributed by atoms with Gasteiger partial charge in [-0.15, -0.1) is 0 Å². The second-order valence-electron chi connectivity index (χ2n) is 9.27. The quantitative estimate of drug-likeness (QED) is 0.347. The fraction of sp³-hybridized carbons (Fsp3) is 0.222. The van der Waals surface area contributed by atoms with E-state index in [-0.39, 0.29) is 12.1 Å². The van der Waals surface area contributed by atoms with Crippen LogP contribution in [0.2, 0.25) is 0 Å². The summed E-state index contributed by atoms with van der Waals surface area (Å²) < 4.78 is 28.0. The van der Waals surface area contributed by atoms with Crippen LogP contribution in [-0.2, 0) is 10.0 Å². The van der Waals surface area contributed by atoms with Crippen LogP contribution in [0.15, 0.2) is 73.1 Å². The topological polar surface area (TPSA) is 92.2 Å². The van der Waals surface area contributed by atoms with Gasteiger partial charge < -0.3 is 14.8 Å². The zero-order valence-corrected chi connectivity index (χ0v) is 22.6. The van der Waals surface area contributed by atoms with Crippen molar-refractivity contribution in [1.29, 1.82) is 0 Å². The van der Waals surface area contributed by atoms with Gasteiger partial charge in [-0.3, -0.25) is 9.71 Å². The SMILES string of the molecule is Cc1ccc(-n2c(C)cc([C@@H]3[C@@H](c4ccccn4)NC(=S)N3c3ccc(NS(C)(=O)=O)cc3)c2C)nc1. The standard InChI is InChI=1S/C27H28N6O2S2/c1-17-8-13-24(29-16-17)32-18(2)15-22(19(32)3)26-25(23-7-5-6-14-28-23)30-27(36)33(26)21-11-9-20(10-12-21)31-37(4,34)35/h5-16,25-26,31H,1-4H3,(H,30,36)/t25-,26-/m1/s1. The summed E-state index contributed by atoms with van der Waals surface area (Å²) in [5.74, 6) is 0.859. The molecule has 1 aliphatic rings. The fourth-order valence-electron chi connectivity index (χ4n) is 4.89. The lowest BCUT2D eigenvalue weighted by atomic mass is 9.96. The first-order chi connectivity index (χ1) is 17.6. The lowest BCUT2D eigenvalue weighted by molar-refractivity contribution is 0.565. The molecule has 0 bridgehead atoms. The van der Waals surface area contributed by atoms with Crippen LogP contribution >= 0.6 is 12.2 Å². The molecule has 1 fully saturated rings. The molecule has 37 heavy (non-hydrogen) atoms. The van der Waals surface area contributed by atoms with Gasteiger partial charge in [0, 0.05) is 35.2 Å². The van der Waals surface area contributed by atoms with Gasteiger partial charge >= 0.3 is 0 Å². The summed E-state index contributed by atoms with van der Waals surface area (Å²) in [6.07, 6.45) is 4.78. The van der Waals surface area contributed by atoms with Crippen molar-refractivity contribution in [2.45, 2.75) is 32.9 Å². The monoisotopic (exact) mass is 532 g/mol. The Bertz CT molecular complexity index is 1550. The van der Waals surface area contributed by atoms with Crippen LogP contribution in [0.1, 0.15) is 40.3 Å². The molecule has 0 aliphatic carbocycles. The van der Waals surface area contributed by atoms with Gasteiger partial charge in [-0.05, 0) is 92.6 Å². The largest absolute Gasteiger partial charge is 0.351 e. The van der Waals surface area contributed by atoms with E-state index in [1.807, 2.05) is 49.5 Å². The van der Waals surface area contributed by atoms with Crippen molar-refractivity contribution in [3.05, 3.63) is 101 Å². The highest BCUT2D eigenvalue weighted by Gasteiger charge is 2.42. The number of rotatable bonds is 6. The number of nitrogens with zero attached hydrogens (tertiary/aromatic N) is 4. The molecule has 0 unspecified atom stereocenters. The molecule has 0 radical (unpaired) electrons. The molecular weight excluding hydrogens is 504 g/mol. The predicted molar refractivity (Wildman–Crippen MR) is 151 cm³/mol. The van der Waals surface area contributed by atoms with Crippen molar-refractivity contribution in [3.8, 4) is 5.82 Å². The molecule has 3 aromatic heterocycles. The van der Waals surface area contributed by atoms with E-state index in [0.29, 0.717) is 10.8 Å². The lowest BCUT2D eigenvalue weighted by Crippen LogP contribution is -2.29. The van der Waals surface area contributed by atoms with E-state index in [9.17, 15) is 8.42 Å². The number of benzene rings is 1. The Morgan fingerprint density at radius 2 is 1.76 bits per heavy atom. The van der Waals surface area contributed by atoms with Gasteiger partial charge in [0.05, 0.1) is 24.0 Å². The number of aromatic nitrogens is 3. The molecule has 4 aromatic rings. The van der Waals surface area contributed by atoms with Gasteiger partial charge in [-0.2, -0.15) is 0 Å². The van der Waals surface area contributed by atoms with Crippen molar-refractivity contribution in [1.82, 2.24) is 19.9 Å². The van der Waals surface area contributed by atoms with E-state index in [2.05, 4.69) is 55.5 Å². The summed E-state index contributed by atoms with van der Waals surface area (Å²) >= 11 is 5.84. The molecule has 0 spiro atoms. The van der Waals surface area contributed by atoms with E-state index in [4.69, 9.17) is 12.2 Å². The number of thiocarbonyl (C=S) groups is 1. The molecule has 0 saturated carbocycles. The van der Waals surface area contributed by atoms with Crippen molar-refractivity contribution >= 4 is 38.7 Å². The predicted octanol–water partition coefficient (Wildman–Crippen LogP) is 4.74. The number of hydrogen-bond donors (Lipinski definition) is 2. The first kappa shape index (κ1) is 24.9. The van der Waals surface area contributed by atoms with Crippen LogP contribution in [0.4, 0.5) is 11.4 Å². The molecular formula is C27H28N6O2S2. The summed E-state index contributed by atoms with van der Waals surface area (Å²) in [5.41, 5.74) is 6.55. The van der Waals surface area contributed by atoms with Crippen molar-refractivity contribution in [2.75, 3.05) is 15.9 Å². The fourth-order valence-corrected chi connectivity index (χ4v) is 5.80. The highest BCUT2D eigenvalue weighted by atomic mass is 32.2. The van der Waals surface area contributed by atoms with Crippen molar-refractivity contribution in [2.24, 2.45) is 0 Å². The number of anilines is 2. The highest BCUT2D eigenvalue weighted by Crippen LogP contribution is 2.43. The third-order valence-corrected chi connectivity index (χ3v) is 7.38. The van der Waals surface area contributed by atoms with Crippen molar-refractivity contribution in [3.63, 3.8) is 0 Å². The Kier molecular flexibility index (Phi) is 6.47. The maximum atomic E-state index is 11.7. The molecule has 1 saturated heterocycles. The summed E-state index contributed by atoms with van der Waals surface area (Å²) in [5, 5.41) is 4.05. The smallest absolute Gasteiger partial charge is 0.229 e. The van der Waals surface area contributed by atoms with Crippen LogP contribution in [0.5, 0.6) is 0 Å². The molecule has 190 valence electrons. The summed E-state index contributed by atoms with van der Waals surface area (Å²) in [7, 11) is -3.37. The van der Waals surface area contributed by atoms with E-state index in [1.54, 1.807) is 18.3 Å². The Hall–Kier alpha value is -3.76. The Labute approximate surface area is 222 Å². The van der Waals surface area contributed by atoms with Gasteiger partial charge in [0.15, 0.2) is 5.11 Å². The molecule has 1 aliphatic heterocycles. The van der Waals surface area contributed by atoms with E-state index in [1.165, 1.54) is 0 Å². The molecule has 1 aromatic carbocycles. The molecule has 2 atom stereocenters. The first-order valence-corrected chi connectivity index (χ1v) is 14.1. The first-order valence-electron chi connectivity index (χ1n) is 11.8. The lowest BCUT2D eigenvalue weighted by Gasteiger charge is -2.28. The number of sulfonamides is 1. The van der Waals surface area contributed by atoms with Crippen LogP contribution in [0.25, 0.3) is 5.82 Å². The van der Waals surface area contributed by atoms with E-state index in [0.717, 1.165) is 46.0 Å². The van der Waals surface area contributed by atoms with Crippen LogP contribution < -0.4 is 14.9 Å². The maximum Gasteiger partial charge on any atom is 0.229 e. The van der Waals surface area contributed by atoms with Gasteiger partial charge in [0.1, 0.15) is 5.82 Å². The highest BCUT2D eigenvalue weighted by molar-refractivity contribution is 7.92. The van der Waals surface area contributed by atoms with E-state index >= 15 is 0 Å². The van der Waals surface area contributed by atoms with E-state index < -0.39 is 10.0 Å². The summed E-state index contributed by atoms with van der Waals surface area (Å²) in [6.45, 7) is 6.19. The third kappa shape index (κ3) is 4.94. The minimum atomic E-state index is -3.37. The second kappa shape index (κ2) is 9.60. The van der Waals surface area contributed by atoms with Crippen LogP contribution in [0.3, 0.4) is 0 Å².